The van der Waals surface area contributed by atoms with E-state index in [1.807, 2.05) is 18.3 Å². The van der Waals surface area contributed by atoms with Crippen molar-refractivity contribution < 1.29 is 26.7 Å². The van der Waals surface area contributed by atoms with E-state index >= 15 is 4.39 Å². The summed E-state index contributed by atoms with van der Waals surface area (Å²) in [4.78, 5) is 5.47. The molecule has 2 aromatic heterocycles. The molecule has 4 heterocycles. The Bertz CT molecular complexity index is 1890. The van der Waals surface area contributed by atoms with Crippen LogP contribution in [0.3, 0.4) is 0 Å². The van der Waals surface area contributed by atoms with Gasteiger partial charge in [0.1, 0.15) is 11.5 Å². The van der Waals surface area contributed by atoms with Gasteiger partial charge in [0, 0.05) is 65.5 Å². The summed E-state index contributed by atoms with van der Waals surface area (Å²) in [7, 11) is -3.59. The van der Waals surface area contributed by atoms with Crippen molar-refractivity contribution >= 4 is 20.9 Å². The third kappa shape index (κ3) is 5.63. The van der Waals surface area contributed by atoms with Gasteiger partial charge in [-0.2, -0.15) is 14.7 Å². The molecule has 2 aromatic carbocycles. The number of hydrogen-bond acceptors (Lipinski definition) is 6. The molecule has 2 N–H and O–H groups in total. The van der Waals surface area contributed by atoms with Crippen molar-refractivity contribution in [2.45, 2.75) is 51.3 Å². The van der Waals surface area contributed by atoms with Crippen LogP contribution < -0.4 is 0 Å². The van der Waals surface area contributed by atoms with Gasteiger partial charge in [0.25, 0.3) is 0 Å². The van der Waals surface area contributed by atoms with Gasteiger partial charge in [-0.25, -0.2) is 21.6 Å². The third-order valence-corrected chi connectivity index (χ3v) is 10.2. The van der Waals surface area contributed by atoms with Crippen LogP contribution in [0.2, 0.25) is 0 Å². The van der Waals surface area contributed by atoms with Crippen LogP contribution in [0.4, 0.5) is 13.2 Å². The Hall–Kier alpha value is -3.70. The van der Waals surface area contributed by atoms with E-state index in [9.17, 15) is 27.6 Å². The molecule has 0 radical (unpaired) electrons. The van der Waals surface area contributed by atoms with Crippen LogP contribution >= 0.6 is 0 Å². The minimum absolute atomic E-state index is 0.0325. The minimum atomic E-state index is -3.59. The summed E-state index contributed by atoms with van der Waals surface area (Å²) in [6.45, 7) is 3.12. The number of sulfonamides is 1. The number of fused-ring (bicyclic) bond motifs is 2. The first kappa shape index (κ1) is 30.3. The number of H-pyrrole nitrogens is 1. The maximum absolute atomic E-state index is 15.1. The predicted octanol–water partition coefficient (Wildman–Crippen LogP) is 4.19. The molecular weight excluding hydrogens is 593 g/mol. The van der Waals surface area contributed by atoms with E-state index in [0.717, 1.165) is 56.1 Å². The molecule has 0 aliphatic carbocycles. The van der Waals surface area contributed by atoms with Gasteiger partial charge < -0.3 is 15.0 Å². The Morgan fingerprint density at radius 3 is 2.59 bits per heavy atom. The summed E-state index contributed by atoms with van der Waals surface area (Å²) in [5.74, 6) is -3.19. The van der Waals surface area contributed by atoms with Crippen molar-refractivity contribution in [3.63, 3.8) is 0 Å². The number of nitrogens with one attached hydrogen (secondary N) is 1. The maximum atomic E-state index is 15.1. The topological polar surface area (TPSA) is 118 Å². The number of rotatable bonds is 7. The van der Waals surface area contributed by atoms with Crippen molar-refractivity contribution in [1.82, 2.24) is 24.0 Å². The lowest BCUT2D eigenvalue weighted by Crippen LogP contribution is -2.40. The van der Waals surface area contributed by atoms with Crippen LogP contribution in [-0.4, -0.2) is 76.0 Å². The van der Waals surface area contributed by atoms with Crippen LogP contribution in [0.25, 0.3) is 22.2 Å². The standard InChI is InChI=1S/C31H33F3N6O3S/c1-18-26(32)12-23(30(34)29(18)33)31-25-17-39(44(2,42)43)10-7-28(25)40(37-31)16-21(41)15-38-8-5-20(6-9-38)24-14-36-27-4-3-19(13-35)11-22(24)27/h3-4,11-12,14,20-21,36,41H,5-10,15-17H2,1-2H3. The quantitative estimate of drug-likeness (QED) is 0.297. The fourth-order valence-electron chi connectivity index (χ4n) is 6.51. The first-order chi connectivity index (χ1) is 20.9. The number of nitrogens with zero attached hydrogens (tertiary/aromatic N) is 5. The molecule has 6 rings (SSSR count). The Labute approximate surface area is 253 Å². The smallest absolute Gasteiger partial charge is 0.211 e. The summed E-state index contributed by atoms with van der Waals surface area (Å²) in [5.41, 5.74) is 2.91. The molecule has 1 saturated heterocycles. The lowest BCUT2D eigenvalue weighted by Gasteiger charge is -2.33. The van der Waals surface area contributed by atoms with Crippen LogP contribution in [0.15, 0.2) is 30.5 Å². The van der Waals surface area contributed by atoms with Gasteiger partial charge >= 0.3 is 0 Å². The highest BCUT2D eigenvalue weighted by Gasteiger charge is 2.33. The molecule has 0 saturated carbocycles. The number of hydrogen-bond donors (Lipinski definition) is 2. The van der Waals surface area contributed by atoms with E-state index < -0.39 is 39.1 Å². The van der Waals surface area contributed by atoms with E-state index in [4.69, 9.17) is 0 Å². The van der Waals surface area contributed by atoms with Crippen molar-refractivity contribution in [1.29, 1.82) is 5.26 Å². The third-order valence-electron chi connectivity index (χ3n) is 8.93. The molecule has 2 aliphatic heterocycles. The lowest BCUT2D eigenvalue weighted by molar-refractivity contribution is 0.0815. The fraction of sp³-hybridized carbons (Fsp3) is 0.419. The Balaban J connectivity index is 1.19. The zero-order valence-electron chi connectivity index (χ0n) is 24.4. The number of aliphatic hydroxyl groups excluding tert-OH is 1. The Kier molecular flexibility index (Phi) is 8.04. The van der Waals surface area contributed by atoms with Gasteiger partial charge in [-0.3, -0.25) is 4.68 Å². The second-order valence-electron chi connectivity index (χ2n) is 11.8. The highest BCUT2D eigenvalue weighted by Crippen LogP contribution is 2.36. The van der Waals surface area contributed by atoms with E-state index in [0.29, 0.717) is 29.3 Å². The van der Waals surface area contributed by atoms with Crippen molar-refractivity contribution in [2.24, 2.45) is 0 Å². The molecule has 1 unspecified atom stereocenters. The number of benzene rings is 2. The predicted molar refractivity (Wildman–Crippen MR) is 159 cm³/mol. The van der Waals surface area contributed by atoms with Crippen molar-refractivity contribution in [3.8, 4) is 17.3 Å². The number of nitriles is 1. The molecular formula is C31H33F3N6O3S. The van der Waals surface area contributed by atoms with Gasteiger partial charge in [-0.05, 0) is 68.6 Å². The SMILES string of the molecule is Cc1c(F)cc(-c2nn(CC(O)CN3CCC(c4c[nH]c5ccc(C#N)cc45)CC3)c3c2CN(S(C)(=O)=O)CC3)c(F)c1F. The van der Waals surface area contributed by atoms with Crippen LogP contribution in [0, 0.1) is 35.7 Å². The normalized spacial score (nSPS) is 17.6. The molecule has 0 spiro atoms. The number of piperidine rings is 1. The first-order valence-electron chi connectivity index (χ1n) is 14.5. The van der Waals surface area contributed by atoms with Gasteiger partial charge in [0.15, 0.2) is 11.6 Å². The number of likely N-dealkylation sites (tertiary alicyclic amines) is 1. The lowest BCUT2D eigenvalue weighted by atomic mass is 9.89. The van der Waals surface area contributed by atoms with Crippen LogP contribution in [0.5, 0.6) is 0 Å². The monoisotopic (exact) mass is 626 g/mol. The van der Waals surface area contributed by atoms with Crippen molar-refractivity contribution in [3.05, 3.63) is 75.9 Å². The highest BCUT2D eigenvalue weighted by molar-refractivity contribution is 7.88. The summed E-state index contributed by atoms with van der Waals surface area (Å²) >= 11 is 0. The summed E-state index contributed by atoms with van der Waals surface area (Å²) in [5, 5.41) is 26.0. The van der Waals surface area contributed by atoms with Crippen LogP contribution in [-0.2, 0) is 29.5 Å². The Morgan fingerprint density at radius 1 is 1.14 bits per heavy atom. The summed E-state index contributed by atoms with van der Waals surface area (Å²) in [6, 6.07) is 8.71. The number of β-amino-alcohol motifs (C(OH)–C–C–N with tert-alkyl or cyclic N) is 1. The molecule has 232 valence electrons. The highest BCUT2D eigenvalue weighted by atomic mass is 32.2. The average Bonchev–Trinajstić information content (AvgIpc) is 3.58. The zero-order chi connectivity index (χ0) is 31.3. The molecule has 13 heteroatoms. The Morgan fingerprint density at radius 2 is 1.89 bits per heavy atom. The zero-order valence-corrected chi connectivity index (χ0v) is 25.3. The van der Waals surface area contributed by atoms with Crippen molar-refractivity contribution in [2.75, 3.05) is 32.4 Å². The van der Waals surface area contributed by atoms with E-state index in [2.05, 4.69) is 21.1 Å². The minimum Gasteiger partial charge on any atom is -0.390 e. The number of aromatic amines is 1. The van der Waals surface area contributed by atoms with Gasteiger partial charge in [-0.15, -0.1) is 0 Å². The maximum Gasteiger partial charge on any atom is 0.211 e. The average molecular weight is 627 g/mol. The van der Waals surface area contributed by atoms with E-state index in [-0.39, 0.29) is 37.3 Å². The molecule has 2 aliphatic rings. The molecule has 0 amide bonds. The summed E-state index contributed by atoms with van der Waals surface area (Å²) < 4.78 is 71.5. The second kappa shape index (κ2) is 11.7. The molecule has 1 atom stereocenters. The molecule has 4 aromatic rings. The number of aliphatic hydroxyl groups is 1. The molecule has 1 fully saturated rings. The fourth-order valence-corrected chi connectivity index (χ4v) is 7.29. The van der Waals surface area contributed by atoms with E-state index in [1.165, 1.54) is 14.6 Å². The second-order valence-corrected chi connectivity index (χ2v) is 13.8. The van der Waals surface area contributed by atoms with Crippen LogP contribution in [0.1, 0.15) is 46.7 Å². The van der Waals surface area contributed by atoms with Gasteiger partial charge in [0.2, 0.25) is 10.0 Å². The molecule has 0 bridgehead atoms. The van der Waals surface area contributed by atoms with E-state index in [1.54, 1.807) is 6.07 Å². The number of aromatic nitrogens is 3. The van der Waals surface area contributed by atoms with Gasteiger partial charge in [0.05, 0.1) is 30.5 Å². The summed E-state index contributed by atoms with van der Waals surface area (Å²) in [6.07, 6.45) is 4.25. The number of halogens is 3. The largest absolute Gasteiger partial charge is 0.390 e. The van der Waals surface area contributed by atoms with Gasteiger partial charge in [-0.1, -0.05) is 0 Å². The molecule has 9 nitrogen and oxygen atoms in total. The first-order valence-corrected chi connectivity index (χ1v) is 16.4. The molecule has 44 heavy (non-hydrogen) atoms.